The van der Waals surface area contributed by atoms with Gasteiger partial charge in [-0.1, -0.05) is 11.6 Å². The summed E-state index contributed by atoms with van der Waals surface area (Å²) in [5.74, 6) is 0.583. The van der Waals surface area contributed by atoms with Crippen molar-refractivity contribution in [3.05, 3.63) is 17.2 Å². The molecule has 0 unspecified atom stereocenters. The van der Waals surface area contributed by atoms with E-state index in [1.807, 2.05) is 0 Å². The summed E-state index contributed by atoms with van der Waals surface area (Å²) in [6.07, 6.45) is 1.56. The lowest BCUT2D eigenvalue weighted by Crippen LogP contribution is -2.07. The van der Waals surface area contributed by atoms with Crippen LogP contribution in [0.2, 0.25) is 5.15 Å². The van der Waals surface area contributed by atoms with E-state index in [9.17, 15) is 0 Å². The minimum atomic E-state index is 0.240. The van der Waals surface area contributed by atoms with E-state index in [1.54, 1.807) is 20.2 Å². The molecule has 0 amide bonds. The zero-order valence-electron chi connectivity index (χ0n) is 9.47. The third-order valence-electron chi connectivity index (χ3n) is 2.00. The van der Waals surface area contributed by atoms with Gasteiger partial charge in [0.05, 0.1) is 12.8 Å². The second kappa shape index (κ2) is 5.20. The van der Waals surface area contributed by atoms with E-state index in [0.717, 1.165) is 0 Å². The molecule has 0 aliphatic carbocycles. The largest absolute Gasteiger partial charge is 0.461 e. The molecule has 2 aromatic heterocycles. The van der Waals surface area contributed by atoms with Crippen LogP contribution in [-0.2, 0) is 4.74 Å². The van der Waals surface area contributed by atoms with Gasteiger partial charge in [0.15, 0.2) is 5.15 Å². The average Bonchev–Trinajstić information content (AvgIpc) is 2.30. The Balaban J connectivity index is 2.30. The zero-order valence-corrected chi connectivity index (χ0v) is 10.2. The maximum Gasteiger partial charge on any atom is 0.317 e. The van der Waals surface area contributed by atoms with E-state index >= 15 is 0 Å². The Labute approximate surface area is 103 Å². The van der Waals surface area contributed by atoms with E-state index < -0.39 is 0 Å². The van der Waals surface area contributed by atoms with E-state index in [4.69, 9.17) is 21.1 Å². The molecule has 2 rings (SSSR count). The fourth-order valence-electron chi connectivity index (χ4n) is 1.27. The molecule has 17 heavy (non-hydrogen) atoms. The number of methoxy groups -OCH3 is 1. The van der Waals surface area contributed by atoms with Crippen LogP contribution < -0.4 is 4.74 Å². The number of halogens is 1. The normalized spacial score (nSPS) is 10.8. The highest BCUT2D eigenvalue weighted by molar-refractivity contribution is 6.33. The number of ether oxygens (including phenoxy) is 2. The van der Waals surface area contributed by atoms with E-state index in [-0.39, 0.29) is 6.01 Å². The van der Waals surface area contributed by atoms with Gasteiger partial charge >= 0.3 is 6.01 Å². The summed E-state index contributed by atoms with van der Waals surface area (Å²) in [5.41, 5.74) is 1.08. The third-order valence-corrected chi connectivity index (χ3v) is 2.27. The van der Waals surface area contributed by atoms with Crippen molar-refractivity contribution in [1.82, 2.24) is 19.9 Å². The Hall–Kier alpha value is -1.53. The number of aromatic nitrogens is 4. The molecule has 0 radical (unpaired) electrons. The van der Waals surface area contributed by atoms with Gasteiger partial charge in [0, 0.05) is 7.11 Å². The molecule has 0 spiro atoms. The number of rotatable bonds is 4. The molecule has 0 aromatic carbocycles. The Kier molecular flexibility index (Phi) is 3.65. The molecule has 0 aliphatic rings. The van der Waals surface area contributed by atoms with Crippen molar-refractivity contribution in [3.63, 3.8) is 0 Å². The van der Waals surface area contributed by atoms with Crippen molar-refractivity contribution in [2.24, 2.45) is 0 Å². The molecule has 0 bridgehead atoms. The first-order chi connectivity index (χ1) is 8.20. The van der Waals surface area contributed by atoms with Gasteiger partial charge in [-0.25, -0.2) is 15.0 Å². The molecule has 0 aliphatic heterocycles. The monoisotopic (exact) mass is 254 g/mol. The van der Waals surface area contributed by atoms with Crippen LogP contribution in [0.1, 0.15) is 5.82 Å². The highest BCUT2D eigenvalue weighted by Gasteiger charge is 2.08. The minimum absolute atomic E-state index is 0.240. The average molecular weight is 255 g/mol. The molecule has 0 saturated heterocycles. The highest BCUT2D eigenvalue weighted by atomic mass is 35.5. The number of hydrogen-bond donors (Lipinski definition) is 0. The maximum atomic E-state index is 5.97. The zero-order chi connectivity index (χ0) is 12.3. The molecule has 2 aromatic rings. The summed E-state index contributed by atoms with van der Waals surface area (Å²) in [6, 6.07) is 0.240. The predicted octanol–water partition coefficient (Wildman–Crippen LogP) is 1.41. The smallest absolute Gasteiger partial charge is 0.317 e. The lowest BCUT2D eigenvalue weighted by molar-refractivity contribution is 0.141. The molecule has 0 N–H and O–H groups in total. The van der Waals surface area contributed by atoms with Crippen molar-refractivity contribution in [2.75, 3.05) is 20.3 Å². The minimum Gasteiger partial charge on any atom is -0.461 e. The Morgan fingerprint density at radius 3 is 2.82 bits per heavy atom. The molecular weight excluding hydrogens is 244 g/mol. The molecule has 7 heteroatoms. The summed E-state index contributed by atoms with van der Waals surface area (Å²) in [6.45, 7) is 2.61. The van der Waals surface area contributed by atoms with Gasteiger partial charge in [0.2, 0.25) is 0 Å². The summed E-state index contributed by atoms with van der Waals surface area (Å²) >= 11 is 5.97. The van der Waals surface area contributed by atoms with Crippen LogP contribution in [0.15, 0.2) is 6.20 Å². The standard InChI is InChI=1S/C10H11ClN4O2/c1-6-13-7-5-12-10(17-4-3-16-2)15-8(7)9(11)14-6/h5H,3-4H2,1-2H3. The quantitative estimate of drug-likeness (QED) is 0.607. The lowest BCUT2D eigenvalue weighted by atomic mass is 10.4. The molecule has 0 atom stereocenters. The van der Waals surface area contributed by atoms with Crippen molar-refractivity contribution < 1.29 is 9.47 Å². The molecule has 90 valence electrons. The number of nitrogens with zero attached hydrogens (tertiary/aromatic N) is 4. The summed E-state index contributed by atoms with van der Waals surface area (Å²) < 4.78 is 10.1. The first-order valence-electron chi connectivity index (χ1n) is 4.99. The van der Waals surface area contributed by atoms with Crippen molar-refractivity contribution in [1.29, 1.82) is 0 Å². The molecule has 2 heterocycles. The summed E-state index contributed by atoms with van der Waals surface area (Å²) in [4.78, 5) is 16.4. The number of aryl methyl sites for hydroxylation is 1. The highest BCUT2D eigenvalue weighted by Crippen LogP contribution is 2.19. The predicted molar refractivity (Wildman–Crippen MR) is 62.2 cm³/mol. The van der Waals surface area contributed by atoms with Crippen LogP contribution in [0, 0.1) is 6.92 Å². The van der Waals surface area contributed by atoms with Gasteiger partial charge in [-0.2, -0.15) is 4.98 Å². The van der Waals surface area contributed by atoms with Crippen LogP contribution in [0.4, 0.5) is 0 Å². The van der Waals surface area contributed by atoms with Crippen LogP contribution >= 0.6 is 11.6 Å². The molecule has 6 nitrogen and oxygen atoms in total. The van der Waals surface area contributed by atoms with Crippen molar-refractivity contribution in [2.45, 2.75) is 6.92 Å². The Morgan fingerprint density at radius 1 is 1.24 bits per heavy atom. The lowest BCUT2D eigenvalue weighted by Gasteiger charge is -2.05. The molecule has 0 fully saturated rings. The topological polar surface area (TPSA) is 70.0 Å². The van der Waals surface area contributed by atoms with Gasteiger partial charge in [0.25, 0.3) is 0 Å². The Morgan fingerprint density at radius 2 is 2.06 bits per heavy atom. The first-order valence-corrected chi connectivity index (χ1v) is 5.37. The molecule has 0 saturated carbocycles. The van der Waals surface area contributed by atoms with Gasteiger partial charge < -0.3 is 9.47 Å². The second-order valence-electron chi connectivity index (χ2n) is 3.29. The second-order valence-corrected chi connectivity index (χ2v) is 3.65. The van der Waals surface area contributed by atoms with E-state index in [0.29, 0.717) is 35.2 Å². The summed E-state index contributed by atoms with van der Waals surface area (Å²) in [5, 5.41) is 0.298. The SMILES string of the molecule is COCCOc1ncc2nc(C)nc(Cl)c2n1. The van der Waals surface area contributed by atoms with Crippen LogP contribution in [0.5, 0.6) is 6.01 Å². The Bertz CT molecular complexity index is 535. The first kappa shape index (κ1) is 11.9. The number of hydrogen-bond acceptors (Lipinski definition) is 6. The van der Waals surface area contributed by atoms with Crippen molar-refractivity contribution >= 4 is 22.6 Å². The van der Waals surface area contributed by atoms with Gasteiger partial charge in [-0.3, -0.25) is 0 Å². The molecular formula is C10H11ClN4O2. The van der Waals surface area contributed by atoms with Crippen molar-refractivity contribution in [3.8, 4) is 6.01 Å². The van der Waals surface area contributed by atoms with E-state index in [1.165, 1.54) is 0 Å². The fraction of sp³-hybridized carbons (Fsp3) is 0.400. The fourth-order valence-corrected chi connectivity index (χ4v) is 1.53. The number of fused-ring (bicyclic) bond motifs is 1. The van der Waals surface area contributed by atoms with Gasteiger partial charge in [0.1, 0.15) is 23.5 Å². The maximum absolute atomic E-state index is 5.97. The summed E-state index contributed by atoms with van der Waals surface area (Å²) in [7, 11) is 1.60. The van der Waals surface area contributed by atoms with Gasteiger partial charge in [-0.15, -0.1) is 0 Å². The van der Waals surface area contributed by atoms with Crippen LogP contribution in [-0.4, -0.2) is 40.3 Å². The van der Waals surface area contributed by atoms with Crippen LogP contribution in [0.25, 0.3) is 11.0 Å². The van der Waals surface area contributed by atoms with Gasteiger partial charge in [-0.05, 0) is 6.92 Å². The van der Waals surface area contributed by atoms with E-state index in [2.05, 4.69) is 19.9 Å². The third kappa shape index (κ3) is 2.78. The van der Waals surface area contributed by atoms with Crippen LogP contribution in [0.3, 0.4) is 0 Å².